The number of hydrogen-bond donors (Lipinski definition) is 0. The summed E-state index contributed by atoms with van der Waals surface area (Å²) in [4.78, 5) is 18.8. The van der Waals surface area contributed by atoms with Gasteiger partial charge in [0.1, 0.15) is 10.6 Å². The molecule has 4 rings (SSSR count). The molecule has 0 radical (unpaired) electrons. The van der Waals surface area contributed by atoms with Gasteiger partial charge in [0, 0.05) is 12.3 Å². The fraction of sp³-hybridized carbons (Fsp3) is 0.100. The van der Waals surface area contributed by atoms with Crippen molar-refractivity contribution in [3.8, 4) is 5.75 Å². The topological polar surface area (TPSA) is 79.8 Å². The van der Waals surface area contributed by atoms with Crippen molar-refractivity contribution >= 4 is 27.6 Å². The van der Waals surface area contributed by atoms with E-state index in [0.29, 0.717) is 17.0 Å². The maximum absolute atomic E-state index is 13.3. The van der Waals surface area contributed by atoms with Crippen LogP contribution < -0.4 is 9.64 Å². The molecule has 0 saturated heterocycles. The van der Waals surface area contributed by atoms with Gasteiger partial charge in [0.25, 0.3) is 10.0 Å². The molecule has 0 N–H and O–H groups in total. The minimum atomic E-state index is -4.04. The van der Waals surface area contributed by atoms with Gasteiger partial charge >= 0.3 is 6.03 Å². The van der Waals surface area contributed by atoms with E-state index in [0.717, 1.165) is 4.31 Å². The van der Waals surface area contributed by atoms with Crippen LogP contribution in [0, 0.1) is 0 Å². The first-order valence-electron chi connectivity index (χ1n) is 8.52. The number of fused-ring (bicyclic) bond motifs is 1. The average molecular weight is 395 g/mol. The number of rotatable bonds is 4. The minimum Gasteiger partial charge on any atom is -0.497 e. The maximum atomic E-state index is 13.3. The van der Waals surface area contributed by atoms with E-state index >= 15 is 0 Å². The van der Waals surface area contributed by atoms with Crippen LogP contribution in [0.3, 0.4) is 0 Å². The summed E-state index contributed by atoms with van der Waals surface area (Å²) < 4.78 is 32.4. The molecule has 0 saturated carbocycles. The van der Waals surface area contributed by atoms with Crippen LogP contribution in [0.25, 0.3) is 0 Å². The molecule has 7 nitrogen and oxygen atoms in total. The van der Waals surface area contributed by atoms with Crippen molar-refractivity contribution in [3.63, 3.8) is 0 Å². The monoisotopic (exact) mass is 395 g/mol. The summed E-state index contributed by atoms with van der Waals surface area (Å²) in [6, 6.07) is 18.1. The highest BCUT2D eigenvalue weighted by molar-refractivity contribution is 7.90. The molecule has 28 heavy (non-hydrogen) atoms. The standard InChI is InChI=1S/C20H17N3O4S/c1-27-17-10-5-9-16(13-17)23-19-18(11-6-12-21-19)28(25,26)22(20(23)24)14-15-7-3-2-4-8-15/h2-13H,14H2,1H3. The number of urea groups is 1. The highest BCUT2D eigenvalue weighted by Crippen LogP contribution is 2.38. The number of sulfonamides is 1. The first-order chi connectivity index (χ1) is 13.5. The molecule has 1 aliphatic heterocycles. The van der Waals surface area contributed by atoms with Crippen LogP contribution in [0.4, 0.5) is 16.3 Å². The SMILES string of the molecule is COc1cccc(N2C(=O)N(Cc3ccccc3)S(=O)(=O)c3cccnc32)c1. The minimum absolute atomic E-state index is 0.0200. The number of hydrogen-bond acceptors (Lipinski definition) is 5. The summed E-state index contributed by atoms with van der Waals surface area (Å²) >= 11 is 0. The third-order valence-electron chi connectivity index (χ3n) is 4.42. The van der Waals surface area contributed by atoms with E-state index in [1.165, 1.54) is 30.3 Å². The Bertz CT molecular complexity index is 1130. The number of carbonyl (C=O) groups excluding carboxylic acids is 1. The molecular formula is C20H17N3O4S. The smallest absolute Gasteiger partial charge is 0.344 e. The quantitative estimate of drug-likeness (QED) is 0.675. The van der Waals surface area contributed by atoms with Crippen LogP contribution in [0.15, 0.2) is 77.8 Å². The van der Waals surface area contributed by atoms with E-state index in [4.69, 9.17) is 4.74 Å². The van der Waals surface area contributed by atoms with Crippen molar-refractivity contribution in [2.75, 3.05) is 12.0 Å². The van der Waals surface area contributed by atoms with Crippen LogP contribution in [-0.2, 0) is 16.6 Å². The Labute approximate surface area is 162 Å². The summed E-state index contributed by atoms with van der Waals surface area (Å²) in [5, 5.41) is 0. The predicted molar refractivity (Wildman–Crippen MR) is 104 cm³/mol. The summed E-state index contributed by atoms with van der Waals surface area (Å²) in [5.41, 5.74) is 1.18. The zero-order valence-electron chi connectivity index (χ0n) is 15.0. The number of pyridine rings is 1. The molecule has 2 aromatic carbocycles. The van der Waals surface area contributed by atoms with Crippen molar-refractivity contribution in [1.82, 2.24) is 9.29 Å². The number of carbonyl (C=O) groups is 1. The fourth-order valence-corrected chi connectivity index (χ4v) is 4.53. The molecule has 1 aromatic heterocycles. The summed E-state index contributed by atoms with van der Waals surface area (Å²) in [6.07, 6.45) is 1.46. The van der Waals surface area contributed by atoms with Gasteiger partial charge in [-0.2, -0.15) is 0 Å². The summed E-state index contributed by atoms with van der Waals surface area (Å²) in [6.45, 7) is -0.0726. The molecule has 8 heteroatoms. The Morgan fingerprint density at radius 2 is 1.79 bits per heavy atom. The van der Waals surface area contributed by atoms with Crippen molar-refractivity contribution in [1.29, 1.82) is 0 Å². The van der Waals surface area contributed by atoms with Gasteiger partial charge in [0.15, 0.2) is 5.82 Å². The molecule has 142 valence electrons. The molecular weight excluding hydrogens is 378 g/mol. The number of benzene rings is 2. The zero-order valence-corrected chi connectivity index (χ0v) is 15.8. The number of amides is 2. The highest BCUT2D eigenvalue weighted by atomic mass is 32.2. The summed E-state index contributed by atoms with van der Waals surface area (Å²) in [5.74, 6) is 0.621. The van der Waals surface area contributed by atoms with Gasteiger partial charge in [-0.05, 0) is 29.8 Å². The first kappa shape index (κ1) is 18.0. The van der Waals surface area contributed by atoms with Gasteiger partial charge in [-0.15, -0.1) is 0 Å². The Balaban J connectivity index is 1.87. The second-order valence-corrected chi connectivity index (χ2v) is 7.97. The Kier molecular flexibility index (Phi) is 4.48. The van der Waals surface area contributed by atoms with Crippen LogP contribution in [0.2, 0.25) is 0 Å². The van der Waals surface area contributed by atoms with Gasteiger partial charge in [0.05, 0.1) is 19.3 Å². The van der Waals surface area contributed by atoms with Gasteiger partial charge in [-0.1, -0.05) is 36.4 Å². The second kappa shape index (κ2) is 6.97. The Morgan fingerprint density at radius 3 is 2.54 bits per heavy atom. The molecule has 0 atom stereocenters. The molecule has 2 amide bonds. The van der Waals surface area contributed by atoms with E-state index < -0.39 is 16.1 Å². The van der Waals surface area contributed by atoms with Gasteiger partial charge < -0.3 is 4.74 Å². The van der Waals surface area contributed by atoms with E-state index in [9.17, 15) is 13.2 Å². The number of anilines is 2. The third-order valence-corrected chi connectivity index (χ3v) is 6.16. The Hall–Kier alpha value is -3.39. The lowest BCUT2D eigenvalue weighted by Crippen LogP contribution is -2.48. The van der Waals surface area contributed by atoms with E-state index in [1.807, 2.05) is 6.07 Å². The van der Waals surface area contributed by atoms with Gasteiger partial charge in [0.2, 0.25) is 0 Å². The van der Waals surface area contributed by atoms with E-state index in [-0.39, 0.29) is 17.3 Å². The third kappa shape index (κ3) is 2.97. The molecule has 3 aromatic rings. The molecule has 0 spiro atoms. The number of methoxy groups -OCH3 is 1. The molecule has 1 aliphatic rings. The van der Waals surface area contributed by atoms with Gasteiger partial charge in [-0.3, -0.25) is 0 Å². The summed E-state index contributed by atoms with van der Waals surface area (Å²) in [7, 11) is -2.52. The number of nitrogens with zero attached hydrogens (tertiary/aromatic N) is 3. The lowest BCUT2D eigenvalue weighted by molar-refractivity contribution is 0.229. The van der Waals surface area contributed by atoms with Crippen LogP contribution in [-0.4, -0.2) is 30.8 Å². The van der Waals surface area contributed by atoms with E-state index in [1.54, 1.807) is 48.5 Å². The van der Waals surface area contributed by atoms with E-state index in [2.05, 4.69) is 4.98 Å². The van der Waals surface area contributed by atoms with Crippen LogP contribution in [0.5, 0.6) is 5.75 Å². The number of aromatic nitrogens is 1. The van der Waals surface area contributed by atoms with Gasteiger partial charge in [-0.25, -0.2) is 27.4 Å². The zero-order chi connectivity index (χ0) is 19.7. The largest absolute Gasteiger partial charge is 0.497 e. The number of ether oxygens (including phenoxy) is 1. The molecule has 2 heterocycles. The molecule has 0 bridgehead atoms. The fourth-order valence-electron chi connectivity index (χ4n) is 3.06. The first-order valence-corrected chi connectivity index (χ1v) is 9.96. The van der Waals surface area contributed by atoms with Crippen molar-refractivity contribution < 1.29 is 17.9 Å². The van der Waals surface area contributed by atoms with Crippen molar-refractivity contribution in [3.05, 3.63) is 78.5 Å². The Morgan fingerprint density at radius 1 is 1.00 bits per heavy atom. The molecule has 0 aliphatic carbocycles. The molecule has 0 fully saturated rings. The maximum Gasteiger partial charge on any atom is 0.344 e. The molecule has 0 unspecified atom stereocenters. The second-order valence-electron chi connectivity index (χ2n) is 6.14. The van der Waals surface area contributed by atoms with Crippen molar-refractivity contribution in [2.24, 2.45) is 0 Å². The highest BCUT2D eigenvalue weighted by Gasteiger charge is 2.43. The average Bonchev–Trinajstić information content (AvgIpc) is 2.72. The normalized spacial score (nSPS) is 15.2. The van der Waals surface area contributed by atoms with Crippen molar-refractivity contribution in [2.45, 2.75) is 11.4 Å². The lowest BCUT2D eigenvalue weighted by atomic mass is 10.2. The van der Waals surface area contributed by atoms with Crippen LogP contribution >= 0.6 is 0 Å². The lowest BCUT2D eigenvalue weighted by Gasteiger charge is -2.35. The van der Waals surface area contributed by atoms with Crippen LogP contribution in [0.1, 0.15) is 5.56 Å². The predicted octanol–water partition coefficient (Wildman–Crippen LogP) is 3.55.